The Labute approximate surface area is 149 Å². The van der Waals surface area contributed by atoms with Crippen LogP contribution in [0.3, 0.4) is 0 Å². The van der Waals surface area contributed by atoms with E-state index in [4.69, 9.17) is 11.5 Å². The van der Waals surface area contributed by atoms with Crippen molar-refractivity contribution in [1.29, 1.82) is 0 Å². The number of carbonyl (C=O) groups excluding carboxylic acids is 1. The van der Waals surface area contributed by atoms with E-state index in [1.807, 2.05) is 0 Å². The number of allylic oxidation sites excluding steroid dienone is 2. The molecule has 4 nitrogen and oxygen atoms in total. The molecule has 146 valence electrons. The van der Waals surface area contributed by atoms with Crippen LogP contribution in [0.25, 0.3) is 0 Å². The number of hydrogen-bond donors (Lipinski definition) is 2. The van der Waals surface area contributed by atoms with Gasteiger partial charge in [0.15, 0.2) is 5.96 Å². The number of benzene rings is 1. The Morgan fingerprint density at radius 2 is 1.44 bits per heavy atom. The Morgan fingerprint density at radius 3 is 1.93 bits per heavy atom. The molecule has 0 radical (unpaired) electrons. The number of fused-ring (bicyclic) bond motifs is 2. The number of nitrogens with two attached hydrogens (primary N) is 2. The van der Waals surface area contributed by atoms with E-state index < -0.39 is 47.2 Å². The highest BCUT2D eigenvalue weighted by Crippen LogP contribution is 2.54. The number of nitrogens with zero attached hydrogens (tertiary/aromatic N) is 1. The molecule has 4 N–H and O–H groups in total. The number of aliphatic imine (C=N–C) groups is 1. The minimum Gasteiger partial charge on any atom is -0.370 e. The minimum atomic E-state index is -4.96. The predicted molar refractivity (Wildman–Crippen MR) is 84.2 cm³/mol. The van der Waals surface area contributed by atoms with E-state index in [1.54, 1.807) is 12.2 Å². The smallest absolute Gasteiger partial charge is 0.370 e. The summed E-state index contributed by atoms with van der Waals surface area (Å²) in [6.07, 6.45) is -6.03. The molecule has 27 heavy (non-hydrogen) atoms. The number of rotatable bonds is 2. The summed E-state index contributed by atoms with van der Waals surface area (Å²) in [7, 11) is 0. The van der Waals surface area contributed by atoms with Crippen LogP contribution in [0, 0.1) is 17.8 Å². The number of halogens is 6. The van der Waals surface area contributed by atoms with Crippen molar-refractivity contribution >= 4 is 11.9 Å². The molecule has 1 saturated carbocycles. The lowest BCUT2D eigenvalue weighted by Gasteiger charge is -2.27. The van der Waals surface area contributed by atoms with Crippen LogP contribution in [0.15, 0.2) is 35.3 Å². The SMILES string of the molecule is NC(N)=NC(=O)[C@@H]1C2C=CC(C2)[C@H]1c1cc(C(F)(F)F)cc(C(F)(F)F)c1. The molecular weight excluding hydrogens is 376 g/mol. The van der Waals surface area contributed by atoms with Crippen molar-refractivity contribution < 1.29 is 31.1 Å². The van der Waals surface area contributed by atoms with Crippen molar-refractivity contribution in [1.82, 2.24) is 0 Å². The third kappa shape index (κ3) is 3.65. The number of carbonyl (C=O) groups is 1. The molecule has 1 aromatic carbocycles. The number of guanidine groups is 1. The van der Waals surface area contributed by atoms with E-state index in [0.717, 1.165) is 0 Å². The van der Waals surface area contributed by atoms with Gasteiger partial charge in [0.05, 0.1) is 17.0 Å². The van der Waals surface area contributed by atoms with Crippen molar-refractivity contribution in [2.45, 2.75) is 24.7 Å². The zero-order chi connectivity index (χ0) is 20.1. The Morgan fingerprint density at radius 1 is 0.926 bits per heavy atom. The van der Waals surface area contributed by atoms with Gasteiger partial charge in [0.25, 0.3) is 5.91 Å². The summed E-state index contributed by atoms with van der Waals surface area (Å²) < 4.78 is 78.8. The third-order valence-electron chi connectivity index (χ3n) is 4.98. The van der Waals surface area contributed by atoms with Crippen molar-refractivity contribution in [3.05, 3.63) is 47.0 Å². The van der Waals surface area contributed by atoms with Gasteiger partial charge in [-0.15, -0.1) is 0 Å². The first-order valence-electron chi connectivity index (χ1n) is 7.99. The molecule has 4 atom stereocenters. The summed E-state index contributed by atoms with van der Waals surface area (Å²) in [5.74, 6) is -3.72. The maximum atomic E-state index is 13.1. The molecule has 0 spiro atoms. The van der Waals surface area contributed by atoms with Gasteiger partial charge in [0.2, 0.25) is 0 Å². The monoisotopic (exact) mass is 391 g/mol. The lowest BCUT2D eigenvalue weighted by molar-refractivity contribution is -0.143. The Bertz CT molecular complexity index is 791. The van der Waals surface area contributed by atoms with Crippen molar-refractivity contribution in [3.63, 3.8) is 0 Å². The molecule has 0 aromatic heterocycles. The van der Waals surface area contributed by atoms with Crippen LogP contribution in [0.5, 0.6) is 0 Å². The van der Waals surface area contributed by atoms with E-state index >= 15 is 0 Å². The molecule has 2 unspecified atom stereocenters. The van der Waals surface area contributed by atoms with Crippen molar-refractivity contribution in [2.75, 3.05) is 0 Å². The Kier molecular flexibility index (Phi) is 4.47. The number of amides is 1. The molecule has 10 heteroatoms. The summed E-state index contributed by atoms with van der Waals surface area (Å²) in [5, 5.41) is 0. The predicted octanol–water partition coefficient (Wildman–Crippen LogP) is 3.43. The van der Waals surface area contributed by atoms with Gasteiger partial charge in [-0.05, 0) is 42.0 Å². The van der Waals surface area contributed by atoms with E-state index in [9.17, 15) is 31.1 Å². The highest BCUT2D eigenvalue weighted by Gasteiger charge is 2.50. The lowest BCUT2D eigenvalue weighted by atomic mass is 9.77. The van der Waals surface area contributed by atoms with E-state index in [0.29, 0.717) is 18.6 Å². The largest absolute Gasteiger partial charge is 0.416 e. The standard InChI is InChI=1S/C17H15F6N3O/c18-16(19,20)10-4-9(5-11(6-10)17(21,22)23)12-7-1-2-8(3-7)13(12)14(27)26-15(24)25/h1-2,4-8,12-13H,3H2,(H4,24,25,26,27)/t7?,8?,12-,13+/m0/s1. The third-order valence-corrected chi connectivity index (χ3v) is 4.98. The summed E-state index contributed by atoms with van der Waals surface area (Å²) >= 11 is 0. The van der Waals surface area contributed by atoms with E-state index in [2.05, 4.69) is 4.99 Å². The first-order valence-corrected chi connectivity index (χ1v) is 7.99. The van der Waals surface area contributed by atoms with Gasteiger partial charge in [0.1, 0.15) is 0 Å². The Balaban J connectivity index is 2.12. The van der Waals surface area contributed by atoms with E-state index in [-0.39, 0.29) is 23.5 Å². The summed E-state index contributed by atoms with van der Waals surface area (Å²) in [6.45, 7) is 0. The molecule has 0 saturated heterocycles. The van der Waals surface area contributed by atoms with Crippen LogP contribution >= 0.6 is 0 Å². The second-order valence-electron chi connectivity index (χ2n) is 6.71. The molecule has 1 fully saturated rings. The van der Waals surface area contributed by atoms with Gasteiger partial charge in [-0.25, -0.2) is 0 Å². The van der Waals surface area contributed by atoms with Crippen LogP contribution in [-0.4, -0.2) is 11.9 Å². The molecule has 3 rings (SSSR count). The van der Waals surface area contributed by atoms with E-state index in [1.165, 1.54) is 0 Å². The fourth-order valence-corrected chi connectivity index (χ4v) is 3.99. The second-order valence-corrected chi connectivity index (χ2v) is 6.71. The highest BCUT2D eigenvalue weighted by atomic mass is 19.4. The minimum absolute atomic E-state index is 0.0688. The molecule has 2 aliphatic carbocycles. The molecule has 0 aliphatic heterocycles. The molecule has 1 amide bonds. The van der Waals surface area contributed by atoms with Crippen LogP contribution in [0.2, 0.25) is 0 Å². The first kappa shape index (κ1) is 19.2. The average Bonchev–Trinajstić information content (AvgIpc) is 3.13. The van der Waals surface area contributed by atoms with Gasteiger partial charge in [-0.3, -0.25) is 4.79 Å². The zero-order valence-electron chi connectivity index (χ0n) is 13.7. The number of alkyl halides is 6. The van der Waals surface area contributed by atoms with Crippen LogP contribution in [-0.2, 0) is 17.1 Å². The lowest BCUT2D eigenvalue weighted by Crippen LogP contribution is -2.30. The van der Waals surface area contributed by atoms with Gasteiger partial charge < -0.3 is 11.5 Å². The van der Waals surface area contributed by atoms with Crippen LogP contribution in [0.1, 0.15) is 29.0 Å². The quantitative estimate of drug-likeness (QED) is 0.351. The fraction of sp³-hybridized carbons (Fsp3) is 0.412. The first-order chi connectivity index (χ1) is 12.4. The highest BCUT2D eigenvalue weighted by molar-refractivity contribution is 5.93. The van der Waals surface area contributed by atoms with Crippen LogP contribution < -0.4 is 11.5 Å². The maximum absolute atomic E-state index is 13.1. The zero-order valence-corrected chi connectivity index (χ0v) is 13.7. The summed E-state index contributed by atoms with van der Waals surface area (Å²) in [6, 6.07) is 1.41. The van der Waals surface area contributed by atoms with Gasteiger partial charge in [-0.1, -0.05) is 12.2 Å². The molecule has 2 aliphatic rings. The summed E-state index contributed by atoms with van der Waals surface area (Å²) in [5.41, 5.74) is 7.38. The maximum Gasteiger partial charge on any atom is 0.416 e. The Hall–Kier alpha value is -2.52. The fourth-order valence-electron chi connectivity index (χ4n) is 3.99. The second kappa shape index (κ2) is 6.28. The normalized spacial score (nSPS) is 27.0. The molecule has 0 heterocycles. The molecule has 2 bridgehead atoms. The summed E-state index contributed by atoms with van der Waals surface area (Å²) in [4.78, 5) is 15.8. The number of hydrogen-bond acceptors (Lipinski definition) is 1. The molecular formula is C17H15F6N3O. The van der Waals surface area contributed by atoms with Crippen molar-refractivity contribution in [2.24, 2.45) is 34.2 Å². The topological polar surface area (TPSA) is 81.5 Å². The van der Waals surface area contributed by atoms with Gasteiger partial charge in [0, 0.05) is 5.92 Å². The average molecular weight is 391 g/mol. The van der Waals surface area contributed by atoms with Crippen molar-refractivity contribution in [3.8, 4) is 0 Å². The van der Waals surface area contributed by atoms with Crippen LogP contribution in [0.4, 0.5) is 26.3 Å². The molecule has 1 aromatic rings. The van der Waals surface area contributed by atoms with Gasteiger partial charge in [-0.2, -0.15) is 31.3 Å². The van der Waals surface area contributed by atoms with Gasteiger partial charge >= 0.3 is 12.4 Å².